The summed E-state index contributed by atoms with van der Waals surface area (Å²) in [6.45, 7) is 8.37. The Morgan fingerprint density at radius 2 is 2.00 bits per heavy atom. The van der Waals surface area contributed by atoms with Crippen LogP contribution in [0.25, 0.3) is 0 Å². The monoisotopic (exact) mass is 326 g/mol. The molecule has 0 aromatic heterocycles. The maximum atomic E-state index is 11.9. The molecule has 0 saturated carbocycles. The lowest BCUT2D eigenvalue weighted by Crippen LogP contribution is -2.31. The van der Waals surface area contributed by atoms with E-state index in [1.165, 1.54) is 0 Å². The van der Waals surface area contributed by atoms with Crippen molar-refractivity contribution in [2.45, 2.75) is 46.6 Å². The molecule has 1 unspecified atom stereocenters. The molecule has 0 bridgehead atoms. The lowest BCUT2D eigenvalue weighted by molar-refractivity contribution is -0.116. The molecule has 0 heterocycles. The van der Waals surface area contributed by atoms with Gasteiger partial charge in [-0.2, -0.15) is 0 Å². The van der Waals surface area contributed by atoms with Gasteiger partial charge in [0.15, 0.2) is 0 Å². The van der Waals surface area contributed by atoms with Crippen LogP contribution in [0.2, 0.25) is 0 Å². The molecule has 1 rings (SSSR count). The number of carbonyl (C=O) groups is 1. The first kappa shape index (κ1) is 16.2. The number of anilines is 1. The number of nitrogens with one attached hydrogen (secondary N) is 1. The number of halogens is 1. The summed E-state index contributed by atoms with van der Waals surface area (Å²) in [5.74, 6) is -0.0331. The number of nitrogens with two attached hydrogens (primary N) is 1. The van der Waals surface area contributed by atoms with Crippen molar-refractivity contribution < 1.29 is 4.79 Å². The van der Waals surface area contributed by atoms with Crippen LogP contribution in [-0.4, -0.2) is 11.9 Å². The largest absolute Gasteiger partial charge is 0.327 e. The summed E-state index contributed by atoms with van der Waals surface area (Å²) in [5.41, 5.74) is 8.06. The SMILES string of the molecule is Cc1cc(Br)cc(NC(=O)CC(N)CC(C)(C)C)c1. The predicted molar refractivity (Wildman–Crippen MR) is 84.2 cm³/mol. The second-order valence-corrected chi connectivity index (χ2v) is 7.21. The van der Waals surface area contributed by atoms with E-state index in [0.717, 1.165) is 22.1 Å². The van der Waals surface area contributed by atoms with E-state index in [0.29, 0.717) is 6.42 Å². The van der Waals surface area contributed by atoms with Gasteiger partial charge >= 0.3 is 0 Å². The fraction of sp³-hybridized carbons (Fsp3) is 0.533. The number of hydrogen-bond donors (Lipinski definition) is 2. The molecule has 0 fully saturated rings. The van der Waals surface area contributed by atoms with Crippen LogP contribution >= 0.6 is 15.9 Å². The van der Waals surface area contributed by atoms with Gasteiger partial charge in [0, 0.05) is 22.6 Å². The molecule has 3 N–H and O–H groups in total. The smallest absolute Gasteiger partial charge is 0.225 e. The van der Waals surface area contributed by atoms with E-state index in [9.17, 15) is 4.79 Å². The zero-order valence-electron chi connectivity index (χ0n) is 12.1. The Morgan fingerprint density at radius 3 is 2.53 bits per heavy atom. The third-order valence-electron chi connectivity index (χ3n) is 2.65. The van der Waals surface area contributed by atoms with Gasteiger partial charge in [-0.15, -0.1) is 0 Å². The van der Waals surface area contributed by atoms with Crippen LogP contribution < -0.4 is 11.1 Å². The van der Waals surface area contributed by atoms with Crippen molar-refractivity contribution >= 4 is 27.5 Å². The Balaban J connectivity index is 2.55. The van der Waals surface area contributed by atoms with Crippen molar-refractivity contribution in [3.63, 3.8) is 0 Å². The molecule has 4 heteroatoms. The summed E-state index contributed by atoms with van der Waals surface area (Å²) in [6, 6.07) is 5.73. The standard InChI is InChI=1S/C15H23BrN2O/c1-10-5-11(16)7-13(6-10)18-14(19)8-12(17)9-15(2,3)4/h5-7,12H,8-9,17H2,1-4H3,(H,18,19). The van der Waals surface area contributed by atoms with E-state index in [-0.39, 0.29) is 17.4 Å². The first-order valence-electron chi connectivity index (χ1n) is 6.48. The number of rotatable bonds is 4. The Hall–Kier alpha value is -0.870. The van der Waals surface area contributed by atoms with Crippen LogP contribution in [0, 0.1) is 12.3 Å². The predicted octanol–water partition coefficient (Wildman–Crippen LogP) is 3.85. The average Bonchev–Trinajstić information content (AvgIpc) is 2.10. The second kappa shape index (κ2) is 6.53. The summed E-state index contributed by atoms with van der Waals surface area (Å²) in [6.07, 6.45) is 1.18. The number of benzene rings is 1. The van der Waals surface area contributed by atoms with Crippen molar-refractivity contribution in [2.75, 3.05) is 5.32 Å². The maximum absolute atomic E-state index is 11.9. The summed E-state index contributed by atoms with van der Waals surface area (Å²) >= 11 is 3.42. The molecule has 106 valence electrons. The van der Waals surface area contributed by atoms with Crippen LogP contribution in [-0.2, 0) is 4.79 Å². The molecule has 1 aromatic rings. The van der Waals surface area contributed by atoms with Gasteiger partial charge in [0.05, 0.1) is 0 Å². The van der Waals surface area contributed by atoms with Gasteiger partial charge in [-0.1, -0.05) is 36.7 Å². The highest BCUT2D eigenvalue weighted by Gasteiger charge is 2.18. The zero-order chi connectivity index (χ0) is 14.6. The highest BCUT2D eigenvalue weighted by atomic mass is 79.9. The van der Waals surface area contributed by atoms with Crippen LogP contribution in [0.1, 0.15) is 39.2 Å². The summed E-state index contributed by atoms with van der Waals surface area (Å²) in [4.78, 5) is 11.9. The summed E-state index contributed by atoms with van der Waals surface area (Å²) in [5, 5.41) is 2.89. The van der Waals surface area contributed by atoms with Gasteiger partial charge in [0.25, 0.3) is 0 Å². The van der Waals surface area contributed by atoms with E-state index >= 15 is 0 Å². The molecule has 0 radical (unpaired) electrons. The van der Waals surface area contributed by atoms with Gasteiger partial charge in [0.2, 0.25) is 5.91 Å². The topological polar surface area (TPSA) is 55.1 Å². The Morgan fingerprint density at radius 1 is 1.37 bits per heavy atom. The molecule has 0 spiro atoms. The highest BCUT2D eigenvalue weighted by molar-refractivity contribution is 9.10. The third kappa shape index (κ3) is 6.73. The van der Waals surface area contributed by atoms with Crippen LogP contribution in [0.15, 0.2) is 22.7 Å². The Bertz CT molecular complexity index is 432. The van der Waals surface area contributed by atoms with Crippen LogP contribution in [0.4, 0.5) is 5.69 Å². The molecule has 1 atom stereocenters. The Kier molecular flexibility index (Phi) is 5.56. The minimum absolute atomic E-state index is 0.0331. The van der Waals surface area contributed by atoms with Gasteiger partial charge in [0.1, 0.15) is 0 Å². The second-order valence-electron chi connectivity index (χ2n) is 6.29. The van der Waals surface area contributed by atoms with Crippen LogP contribution in [0.5, 0.6) is 0 Å². The molecule has 0 saturated heterocycles. The molecule has 0 aliphatic carbocycles. The number of hydrogen-bond acceptors (Lipinski definition) is 2. The first-order valence-corrected chi connectivity index (χ1v) is 7.28. The minimum Gasteiger partial charge on any atom is -0.327 e. The van der Waals surface area contributed by atoms with Crippen molar-refractivity contribution in [1.29, 1.82) is 0 Å². The molecule has 0 aliphatic rings. The van der Waals surface area contributed by atoms with Crippen molar-refractivity contribution in [1.82, 2.24) is 0 Å². The normalized spacial score (nSPS) is 13.2. The quantitative estimate of drug-likeness (QED) is 0.882. The number of amides is 1. The minimum atomic E-state index is -0.103. The van der Waals surface area contributed by atoms with E-state index < -0.39 is 0 Å². The maximum Gasteiger partial charge on any atom is 0.225 e. The fourth-order valence-corrected chi connectivity index (χ4v) is 2.73. The molecular formula is C15H23BrN2O. The highest BCUT2D eigenvalue weighted by Crippen LogP contribution is 2.22. The lowest BCUT2D eigenvalue weighted by atomic mass is 9.87. The molecule has 1 amide bonds. The lowest BCUT2D eigenvalue weighted by Gasteiger charge is -2.22. The summed E-state index contributed by atoms with van der Waals surface area (Å²) in [7, 11) is 0. The van der Waals surface area contributed by atoms with Gasteiger partial charge < -0.3 is 11.1 Å². The van der Waals surface area contributed by atoms with Gasteiger partial charge in [-0.05, 0) is 42.5 Å². The number of carbonyl (C=O) groups excluding carboxylic acids is 1. The van der Waals surface area contributed by atoms with Crippen molar-refractivity contribution in [3.05, 3.63) is 28.2 Å². The number of aryl methyl sites for hydroxylation is 1. The van der Waals surface area contributed by atoms with E-state index in [1.54, 1.807) is 0 Å². The molecule has 0 aliphatic heterocycles. The fourth-order valence-electron chi connectivity index (χ4n) is 2.12. The van der Waals surface area contributed by atoms with E-state index in [4.69, 9.17) is 5.73 Å². The molecule has 1 aromatic carbocycles. The van der Waals surface area contributed by atoms with Gasteiger partial charge in [-0.25, -0.2) is 0 Å². The summed E-state index contributed by atoms with van der Waals surface area (Å²) < 4.78 is 0.960. The van der Waals surface area contributed by atoms with E-state index in [2.05, 4.69) is 42.0 Å². The molecule has 3 nitrogen and oxygen atoms in total. The molecule has 19 heavy (non-hydrogen) atoms. The zero-order valence-corrected chi connectivity index (χ0v) is 13.7. The first-order chi connectivity index (χ1) is 8.65. The molecular weight excluding hydrogens is 304 g/mol. The Labute approximate surface area is 124 Å². The van der Waals surface area contributed by atoms with Crippen molar-refractivity contribution in [2.24, 2.45) is 11.1 Å². The average molecular weight is 327 g/mol. The van der Waals surface area contributed by atoms with Crippen molar-refractivity contribution in [3.8, 4) is 0 Å². The van der Waals surface area contributed by atoms with E-state index in [1.807, 2.05) is 25.1 Å². The third-order valence-corrected chi connectivity index (χ3v) is 3.11. The van der Waals surface area contributed by atoms with Crippen LogP contribution in [0.3, 0.4) is 0 Å². The van der Waals surface area contributed by atoms with Gasteiger partial charge in [-0.3, -0.25) is 4.79 Å².